The van der Waals surface area contributed by atoms with Crippen LogP contribution in [0.1, 0.15) is 23.2 Å². The predicted octanol–water partition coefficient (Wildman–Crippen LogP) is 3.20. The number of hydrogen-bond donors (Lipinski definition) is 0. The number of ketones is 1. The highest BCUT2D eigenvalue weighted by atomic mass is 35.5. The molecule has 0 unspecified atom stereocenters. The van der Waals surface area contributed by atoms with E-state index in [1.165, 1.54) is 0 Å². The Morgan fingerprint density at radius 2 is 2.06 bits per heavy atom. The molecule has 4 heteroatoms. The summed E-state index contributed by atoms with van der Waals surface area (Å²) in [4.78, 5) is 15.8. The molecule has 0 aliphatic carbocycles. The fourth-order valence-corrected chi connectivity index (χ4v) is 1.75. The standard InChI is InChI=1S/C13H13ClN2O/c14-12-5-3-11(4-6-12)13(17)2-1-8-16-9-7-15-10-16/h3-7,9-10H,1-2,8H2. The topological polar surface area (TPSA) is 34.9 Å². The van der Waals surface area contributed by atoms with E-state index in [1.807, 2.05) is 10.8 Å². The molecule has 0 saturated heterocycles. The van der Waals surface area contributed by atoms with Crippen LogP contribution in [0, 0.1) is 0 Å². The van der Waals surface area contributed by atoms with Gasteiger partial charge in [-0.3, -0.25) is 4.79 Å². The molecule has 0 spiro atoms. The Kier molecular flexibility index (Phi) is 3.94. The van der Waals surface area contributed by atoms with Crippen molar-refractivity contribution in [3.8, 4) is 0 Å². The average molecular weight is 249 g/mol. The van der Waals surface area contributed by atoms with Gasteiger partial charge in [0.15, 0.2) is 5.78 Å². The van der Waals surface area contributed by atoms with Gasteiger partial charge in [0.05, 0.1) is 6.33 Å². The molecule has 3 nitrogen and oxygen atoms in total. The van der Waals surface area contributed by atoms with E-state index in [4.69, 9.17) is 11.6 Å². The van der Waals surface area contributed by atoms with Crippen LogP contribution in [0.15, 0.2) is 43.0 Å². The van der Waals surface area contributed by atoms with Gasteiger partial charge in [-0.2, -0.15) is 0 Å². The van der Waals surface area contributed by atoms with Gasteiger partial charge in [0, 0.05) is 35.9 Å². The van der Waals surface area contributed by atoms with E-state index in [0.29, 0.717) is 11.4 Å². The molecule has 0 N–H and O–H groups in total. The van der Waals surface area contributed by atoms with Crippen LogP contribution < -0.4 is 0 Å². The summed E-state index contributed by atoms with van der Waals surface area (Å²) in [5, 5.41) is 0.653. The second-order valence-electron chi connectivity index (χ2n) is 3.83. The molecular weight excluding hydrogens is 236 g/mol. The number of carbonyl (C=O) groups is 1. The molecule has 0 radical (unpaired) electrons. The van der Waals surface area contributed by atoms with Crippen LogP contribution in [0.4, 0.5) is 0 Å². The number of aryl methyl sites for hydroxylation is 1. The molecular formula is C13H13ClN2O. The summed E-state index contributed by atoms with van der Waals surface area (Å²) in [6.07, 6.45) is 6.75. The van der Waals surface area contributed by atoms with Gasteiger partial charge in [-0.15, -0.1) is 0 Å². The van der Waals surface area contributed by atoms with Crippen molar-refractivity contribution in [1.82, 2.24) is 9.55 Å². The lowest BCUT2D eigenvalue weighted by Crippen LogP contribution is -2.02. The van der Waals surface area contributed by atoms with Crippen LogP contribution in [-0.4, -0.2) is 15.3 Å². The fourth-order valence-electron chi connectivity index (χ4n) is 1.62. The van der Waals surface area contributed by atoms with Crippen molar-refractivity contribution in [3.63, 3.8) is 0 Å². The summed E-state index contributed by atoms with van der Waals surface area (Å²) in [5.41, 5.74) is 0.722. The Morgan fingerprint density at radius 1 is 1.29 bits per heavy atom. The zero-order valence-electron chi connectivity index (χ0n) is 9.34. The molecule has 0 saturated carbocycles. The molecule has 17 heavy (non-hydrogen) atoms. The third-order valence-corrected chi connectivity index (χ3v) is 2.80. The number of halogens is 1. The van der Waals surface area contributed by atoms with Crippen molar-refractivity contribution in [2.75, 3.05) is 0 Å². The minimum atomic E-state index is 0.154. The zero-order chi connectivity index (χ0) is 12.1. The third-order valence-electron chi connectivity index (χ3n) is 2.55. The Morgan fingerprint density at radius 3 is 2.71 bits per heavy atom. The number of rotatable bonds is 5. The van der Waals surface area contributed by atoms with Crippen molar-refractivity contribution in [2.45, 2.75) is 19.4 Å². The Hall–Kier alpha value is -1.61. The highest BCUT2D eigenvalue weighted by Gasteiger charge is 2.05. The molecule has 2 rings (SSSR count). The normalized spacial score (nSPS) is 10.4. The van der Waals surface area contributed by atoms with E-state index in [9.17, 15) is 4.79 Å². The fraction of sp³-hybridized carbons (Fsp3) is 0.231. The molecule has 0 fully saturated rings. The summed E-state index contributed by atoms with van der Waals surface area (Å²) in [6, 6.07) is 7.01. The van der Waals surface area contributed by atoms with Crippen LogP contribution in [0.25, 0.3) is 0 Å². The van der Waals surface area contributed by atoms with E-state index >= 15 is 0 Å². The minimum Gasteiger partial charge on any atom is -0.337 e. The number of Topliss-reactive ketones (excluding diaryl/α,β-unsaturated/α-hetero) is 1. The second-order valence-corrected chi connectivity index (χ2v) is 4.27. The first-order valence-corrected chi connectivity index (χ1v) is 5.88. The molecule has 1 heterocycles. The number of benzene rings is 1. The molecule has 0 amide bonds. The number of nitrogens with zero attached hydrogens (tertiary/aromatic N) is 2. The highest BCUT2D eigenvalue weighted by molar-refractivity contribution is 6.30. The number of carbonyl (C=O) groups excluding carboxylic acids is 1. The summed E-state index contributed by atoms with van der Waals surface area (Å²) in [5.74, 6) is 0.154. The quantitative estimate of drug-likeness (QED) is 0.762. The van der Waals surface area contributed by atoms with Crippen LogP contribution in [0.3, 0.4) is 0 Å². The molecule has 1 aromatic carbocycles. The maximum atomic E-state index is 11.8. The molecule has 0 atom stereocenters. The van der Waals surface area contributed by atoms with Gasteiger partial charge in [-0.1, -0.05) is 11.6 Å². The van der Waals surface area contributed by atoms with Crippen molar-refractivity contribution >= 4 is 17.4 Å². The zero-order valence-corrected chi connectivity index (χ0v) is 10.1. The lowest BCUT2D eigenvalue weighted by atomic mass is 10.1. The van der Waals surface area contributed by atoms with Gasteiger partial charge in [0.25, 0.3) is 0 Å². The monoisotopic (exact) mass is 248 g/mol. The third kappa shape index (κ3) is 3.43. The van der Waals surface area contributed by atoms with Gasteiger partial charge < -0.3 is 4.57 Å². The van der Waals surface area contributed by atoms with E-state index in [2.05, 4.69) is 4.98 Å². The van der Waals surface area contributed by atoms with Gasteiger partial charge in [-0.05, 0) is 30.7 Å². The molecule has 2 aromatic rings. The van der Waals surface area contributed by atoms with Crippen molar-refractivity contribution < 1.29 is 4.79 Å². The molecule has 0 aliphatic rings. The number of imidazole rings is 1. The van der Waals surface area contributed by atoms with Crippen molar-refractivity contribution in [3.05, 3.63) is 53.6 Å². The SMILES string of the molecule is O=C(CCCn1ccnc1)c1ccc(Cl)cc1. The van der Waals surface area contributed by atoms with Crippen LogP contribution >= 0.6 is 11.6 Å². The maximum Gasteiger partial charge on any atom is 0.162 e. The van der Waals surface area contributed by atoms with Crippen molar-refractivity contribution in [2.24, 2.45) is 0 Å². The highest BCUT2D eigenvalue weighted by Crippen LogP contribution is 2.12. The minimum absolute atomic E-state index is 0.154. The lowest BCUT2D eigenvalue weighted by Gasteiger charge is -2.02. The van der Waals surface area contributed by atoms with E-state index < -0.39 is 0 Å². The number of hydrogen-bond acceptors (Lipinski definition) is 2. The van der Waals surface area contributed by atoms with E-state index in [-0.39, 0.29) is 5.78 Å². The molecule has 88 valence electrons. The Balaban J connectivity index is 1.83. The van der Waals surface area contributed by atoms with Crippen LogP contribution in [0.2, 0.25) is 5.02 Å². The van der Waals surface area contributed by atoms with Gasteiger partial charge in [0.2, 0.25) is 0 Å². The smallest absolute Gasteiger partial charge is 0.162 e. The molecule has 0 bridgehead atoms. The maximum absolute atomic E-state index is 11.8. The summed E-state index contributed by atoms with van der Waals surface area (Å²) in [7, 11) is 0. The lowest BCUT2D eigenvalue weighted by molar-refractivity contribution is 0.0978. The molecule has 0 aliphatic heterocycles. The van der Waals surface area contributed by atoms with Crippen LogP contribution in [-0.2, 0) is 6.54 Å². The summed E-state index contributed by atoms with van der Waals surface area (Å²) < 4.78 is 1.97. The molecule has 1 aromatic heterocycles. The summed E-state index contributed by atoms with van der Waals surface area (Å²) in [6.45, 7) is 0.819. The largest absolute Gasteiger partial charge is 0.337 e. The van der Waals surface area contributed by atoms with Gasteiger partial charge >= 0.3 is 0 Å². The first-order valence-electron chi connectivity index (χ1n) is 5.50. The number of aromatic nitrogens is 2. The Labute approximate surface area is 105 Å². The second kappa shape index (κ2) is 5.64. The Bertz CT molecular complexity index is 477. The first-order chi connectivity index (χ1) is 8.25. The van der Waals surface area contributed by atoms with Gasteiger partial charge in [0.1, 0.15) is 0 Å². The van der Waals surface area contributed by atoms with Crippen molar-refractivity contribution in [1.29, 1.82) is 0 Å². The van der Waals surface area contributed by atoms with E-state index in [0.717, 1.165) is 18.5 Å². The average Bonchev–Trinajstić information content (AvgIpc) is 2.83. The van der Waals surface area contributed by atoms with Crippen LogP contribution in [0.5, 0.6) is 0 Å². The predicted molar refractivity (Wildman–Crippen MR) is 67.2 cm³/mol. The summed E-state index contributed by atoms with van der Waals surface area (Å²) >= 11 is 5.77. The first kappa shape index (κ1) is 11.9. The van der Waals surface area contributed by atoms with Gasteiger partial charge in [-0.25, -0.2) is 4.98 Å². The van der Waals surface area contributed by atoms with E-state index in [1.54, 1.807) is 36.8 Å².